The number of hydrogen-bond acceptors (Lipinski definition) is 7. The topological polar surface area (TPSA) is 118 Å². The fourth-order valence-electron chi connectivity index (χ4n) is 2.14. The number of carbonyl (C=O) groups is 3. The van der Waals surface area contributed by atoms with Crippen molar-refractivity contribution >= 4 is 18.2 Å². The summed E-state index contributed by atoms with van der Waals surface area (Å²) >= 11 is 0. The van der Waals surface area contributed by atoms with Crippen LogP contribution in [0.3, 0.4) is 0 Å². The molecule has 146 valence electrons. The molecule has 1 aromatic rings. The highest BCUT2D eigenvalue weighted by atomic mass is 16.6. The Morgan fingerprint density at radius 3 is 2.04 bits per heavy atom. The van der Waals surface area contributed by atoms with Crippen LogP contribution in [0.1, 0.15) is 31.9 Å². The lowest BCUT2D eigenvalue weighted by atomic mass is 9.89. The Morgan fingerprint density at radius 2 is 1.63 bits per heavy atom. The monoisotopic (exact) mass is 377 g/mol. The van der Waals surface area contributed by atoms with Crippen molar-refractivity contribution in [1.82, 2.24) is 10.4 Å². The molecule has 1 atom stereocenters. The van der Waals surface area contributed by atoms with Gasteiger partial charge in [0.1, 0.15) is 11.7 Å². The lowest BCUT2D eigenvalue weighted by Crippen LogP contribution is -2.62. The summed E-state index contributed by atoms with van der Waals surface area (Å²) in [5.41, 5.74) is -0.278. The molecule has 0 fully saturated rings. The first kappa shape index (κ1) is 21.8. The average Bonchev–Trinajstić information content (AvgIpc) is 2.60. The zero-order valence-corrected chi connectivity index (χ0v) is 16.2. The van der Waals surface area contributed by atoms with E-state index in [1.807, 2.05) is 6.92 Å². The Hall–Kier alpha value is -3.28. The number of nitrogens with one attached hydrogen (secondary N) is 1. The lowest BCUT2D eigenvalue weighted by molar-refractivity contribution is -0.167. The second-order valence-electron chi connectivity index (χ2n) is 6.60. The molecule has 1 N–H and O–H groups in total. The molecule has 0 unspecified atom stereocenters. The van der Waals surface area contributed by atoms with Gasteiger partial charge in [0, 0.05) is 5.56 Å². The second kappa shape index (κ2) is 8.40. The molecule has 0 saturated heterocycles. The molecule has 2 amide bonds. The van der Waals surface area contributed by atoms with E-state index < -0.39 is 29.3 Å². The number of hydrazine groups is 1. The van der Waals surface area contributed by atoms with Crippen molar-refractivity contribution in [2.24, 2.45) is 0 Å². The van der Waals surface area contributed by atoms with Crippen molar-refractivity contribution in [3.63, 3.8) is 0 Å². The fourth-order valence-corrected chi connectivity index (χ4v) is 2.14. The number of rotatable bonds is 3. The zero-order valence-electron chi connectivity index (χ0n) is 16.2. The van der Waals surface area contributed by atoms with Gasteiger partial charge >= 0.3 is 18.2 Å². The minimum absolute atomic E-state index is 0.103. The molecule has 0 spiro atoms. The molecule has 0 aliphatic carbocycles. The first-order valence-electron chi connectivity index (χ1n) is 7.96. The van der Waals surface area contributed by atoms with Crippen LogP contribution in [0.15, 0.2) is 24.3 Å². The van der Waals surface area contributed by atoms with Gasteiger partial charge in [-0.2, -0.15) is 10.3 Å². The maximum Gasteiger partial charge on any atom is 0.430 e. The molecular weight excluding hydrogens is 354 g/mol. The highest BCUT2D eigenvalue weighted by Gasteiger charge is 2.53. The fraction of sp³-hybridized carbons (Fsp3) is 0.444. The van der Waals surface area contributed by atoms with E-state index >= 15 is 0 Å². The van der Waals surface area contributed by atoms with Gasteiger partial charge in [-0.1, -0.05) is 29.8 Å². The van der Waals surface area contributed by atoms with Crippen molar-refractivity contribution < 1.29 is 28.6 Å². The van der Waals surface area contributed by atoms with Crippen LogP contribution in [0.25, 0.3) is 0 Å². The first-order valence-corrected chi connectivity index (χ1v) is 7.96. The van der Waals surface area contributed by atoms with Gasteiger partial charge in [-0.25, -0.2) is 19.8 Å². The minimum Gasteiger partial charge on any atom is -0.457 e. The van der Waals surface area contributed by atoms with Crippen LogP contribution in [0, 0.1) is 18.3 Å². The van der Waals surface area contributed by atoms with E-state index in [1.54, 1.807) is 39.0 Å². The lowest BCUT2D eigenvalue weighted by Gasteiger charge is -2.36. The number of methoxy groups -OCH3 is 2. The summed E-state index contributed by atoms with van der Waals surface area (Å²) in [5, 5.41) is 10.4. The Bertz CT molecular complexity index is 748. The first-order chi connectivity index (χ1) is 12.5. The third kappa shape index (κ3) is 4.88. The van der Waals surface area contributed by atoms with Gasteiger partial charge in [0.05, 0.1) is 14.2 Å². The molecule has 0 radical (unpaired) electrons. The van der Waals surface area contributed by atoms with Gasteiger partial charge in [-0.05, 0) is 27.7 Å². The summed E-state index contributed by atoms with van der Waals surface area (Å²) < 4.78 is 14.5. The van der Waals surface area contributed by atoms with E-state index in [2.05, 4.69) is 14.9 Å². The van der Waals surface area contributed by atoms with Gasteiger partial charge < -0.3 is 14.2 Å². The highest BCUT2D eigenvalue weighted by molar-refractivity contribution is 5.91. The minimum atomic E-state index is -2.34. The van der Waals surface area contributed by atoms with E-state index in [1.165, 1.54) is 12.1 Å². The van der Waals surface area contributed by atoms with Crippen LogP contribution >= 0.6 is 0 Å². The van der Waals surface area contributed by atoms with Crippen LogP contribution in [0.2, 0.25) is 0 Å². The molecule has 27 heavy (non-hydrogen) atoms. The van der Waals surface area contributed by atoms with E-state index in [0.29, 0.717) is 5.01 Å². The van der Waals surface area contributed by atoms with Crippen LogP contribution in [0.4, 0.5) is 9.59 Å². The van der Waals surface area contributed by atoms with E-state index in [-0.39, 0.29) is 5.56 Å². The quantitative estimate of drug-likeness (QED) is 0.488. The summed E-state index contributed by atoms with van der Waals surface area (Å²) in [6.45, 7) is 6.64. The standard InChI is InChI=1S/C18H23N3O6/c1-12-7-9-13(10-8-12)18(11-19,14(22)27-17(2,3)4)21(16(24)26-6)20-15(23)25-5/h7-10H,1-6H3,(H,20,23)/t18-/m0/s1. The number of esters is 1. The Balaban J connectivity index is 3.69. The largest absolute Gasteiger partial charge is 0.457 e. The summed E-state index contributed by atoms with van der Waals surface area (Å²) in [6, 6.07) is 8.07. The summed E-state index contributed by atoms with van der Waals surface area (Å²) in [4.78, 5) is 37.2. The predicted octanol–water partition coefficient (Wildman–Crippen LogP) is 2.40. The molecule has 9 nitrogen and oxygen atoms in total. The molecule has 1 rings (SSSR count). The van der Waals surface area contributed by atoms with Crippen molar-refractivity contribution in [1.29, 1.82) is 5.26 Å². The van der Waals surface area contributed by atoms with Gasteiger partial charge in [0.25, 0.3) is 5.54 Å². The number of aryl methyl sites for hydroxylation is 1. The van der Waals surface area contributed by atoms with Gasteiger partial charge in [0.2, 0.25) is 0 Å². The highest BCUT2D eigenvalue weighted by Crippen LogP contribution is 2.31. The molecule has 0 saturated carbocycles. The Labute approximate surface area is 157 Å². The molecule has 1 aromatic carbocycles. The van der Waals surface area contributed by atoms with Crippen molar-refractivity contribution in [3.05, 3.63) is 35.4 Å². The molecular formula is C18H23N3O6. The summed E-state index contributed by atoms with van der Waals surface area (Å²) in [5.74, 6) is -1.07. The predicted molar refractivity (Wildman–Crippen MR) is 94.1 cm³/mol. The number of hydrogen-bond donors (Lipinski definition) is 1. The maximum atomic E-state index is 13.0. The third-order valence-electron chi connectivity index (χ3n) is 3.41. The Morgan fingerprint density at radius 1 is 1.07 bits per heavy atom. The number of amides is 2. The smallest absolute Gasteiger partial charge is 0.430 e. The van der Waals surface area contributed by atoms with Crippen LogP contribution in [0.5, 0.6) is 0 Å². The van der Waals surface area contributed by atoms with Crippen LogP contribution in [-0.4, -0.2) is 43.0 Å². The number of nitrogens with zero attached hydrogens (tertiary/aromatic N) is 2. The van der Waals surface area contributed by atoms with Crippen molar-refractivity contribution in [3.8, 4) is 6.07 Å². The third-order valence-corrected chi connectivity index (χ3v) is 3.41. The molecule has 9 heteroatoms. The van der Waals surface area contributed by atoms with Crippen molar-refractivity contribution in [2.45, 2.75) is 38.8 Å². The van der Waals surface area contributed by atoms with Crippen LogP contribution in [-0.2, 0) is 24.5 Å². The number of benzene rings is 1. The molecule has 0 bridgehead atoms. The summed E-state index contributed by atoms with van der Waals surface area (Å²) in [6.07, 6.45) is -2.23. The number of ether oxygens (including phenoxy) is 3. The van der Waals surface area contributed by atoms with Crippen LogP contribution < -0.4 is 5.43 Å². The zero-order chi connectivity index (χ0) is 20.8. The van der Waals surface area contributed by atoms with E-state index in [9.17, 15) is 19.6 Å². The maximum absolute atomic E-state index is 13.0. The normalized spacial score (nSPS) is 12.8. The molecule has 0 aliphatic rings. The van der Waals surface area contributed by atoms with Gasteiger partial charge in [-0.3, -0.25) is 0 Å². The SMILES string of the molecule is COC(=O)NN(C(=O)OC)[C@](C#N)(C(=O)OC(C)(C)C)c1ccc(C)cc1. The van der Waals surface area contributed by atoms with Gasteiger partial charge in [-0.15, -0.1) is 0 Å². The molecule has 0 heterocycles. The molecule has 0 aromatic heterocycles. The van der Waals surface area contributed by atoms with Crippen molar-refractivity contribution in [2.75, 3.05) is 14.2 Å². The van der Waals surface area contributed by atoms with Gasteiger partial charge in [0.15, 0.2) is 0 Å². The average molecular weight is 377 g/mol. The molecule has 0 aliphatic heterocycles. The summed E-state index contributed by atoms with van der Waals surface area (Å²) in [7, 11) is 2.11. The van der Waals surface area contributed by atoms with E-state index in [4.69, 9.17) is 4.74 Å². The Kier molecular flexibility index (Phi) is 6.77. The number of nitriles is 1. The number of carbonyl (C=O) groups excluding carboxylic acids is 3. The van der Waals surface area contributed by atoms with E-state index in [0.717, 1.165) is 19.8 Å². The second-order valence-corrected chi connectivity index (χ2v) is 6.60.